The predicted octanol–water partition coefficient (Wildman–Crippen LogP) is 3.16. The highest BCUT2D eigenvalue weighted by atomic mass is 32.1. The number of aromatic nitrogens is 4. The van der Waals surface area contributed by atoms with Crippen molar-refractivity contribution >= 4 is 22.4 Å². The highest BCUT2D eigenvalue weighted by Crippen LogP contribution is 2.29. The number of methoxy groups -OCH3 is 2. The number of nitrogens with zero attached hydrogens (tertiary/aromatic N) is 4. The van der Waals surface area contributed by atoms with E-state index in [4.69, 9.17) is 9.47 Å². The van der Waals surface area contributed by atoms with Crippen LogP contribution in [0.3, 0.4) is 0 Å². The second-order valence-corrected chi connectivity index (χ2v) is 6.04. The Hall–Kier alpha value is -3.48. The van der Waals surface area contributed by atoms with Gasteiger partial charge in [0, 0.05) is 5.38 Å². The first-order valence-electron chi connectivity index (χ1n) is 7.72. The predicted molar refractivity (Wildman–Crippen MR) is 95.1 cm³/mol. The molecule has 1 N–H and O–H groups in total. The molecular weight excluding hydrogens is 415 g/mol. The van der Waals surface area contributed by atoms with Gasteiger partial charge in [-0.25, -0.2) is 15.0 Å². The van der Waals surface area contributed by atoms with Crippen LogP contribution in [0.15, 0.2) is 30.0 Å². The van der Waals surface area contributed by atoms with Crippen molar-refractivity contribution in [3.05, 3.63) is 35.6 Å². The summed E-state index contributed by atoms with van der Waals surface area (Å²) in [5.41, 5.74) is 0.641. The second kappa shape index (κ2) is 8.26. The van der Waals surface area contributed by atoms with Gasteiger partial charge >= 0.3 is 6.36 Å². The van der Waals surface area contributed by atoms with Crippen LogP contribution in [0.4, 0.5) is 18.3 Å². The molecule has 0 spiro atoms. The fourth-order valence-electron chi connectivity index (χ4n) is 2.19. The molecule has 0 saturated carbocycles. The summed E-state index contributed by atoms with van der Waals surface area (Å²) in [5.74, 6) is -1.02. The molecule has 0 saturated heterocycles. The van der Waals surface area contributed by atoms with Crippen molar-refractivity contribution in [2.45, 2.75) is 6.36 Å². The van der Waals surface area contributed by atoms with Crippen molar-refractivity contribution in [1.82, 2.24) is 19.9 Å². The Morgan fingerprint density at radius 3 is 2.31 bits per heavy atom. The molecule has 3 heterocycles. The maximum atomic E-state index is 12.6. The lowest BCUT2D eigenvalue weighted by atomic mass is 10.3. The number of amides is 1. The van der Waals surface area contributed by atoms with Crippen LogP contribution in [0.5, 0.6) is 17.5 Å². The van der Waals surface area contributed by atoms with E-state index < -0.39 is 18.0 Å². The molecule has 1 amide bonds. The number of nitrogens with one attached hydrogen (secondary N) is 1. The van der Waals surface area contributed by atoms with E-state index in [1.807, 2.05) is 0 Å². The molecule has 13 heteroatoms. The summed E-state index contributed by atoms with van der Waals surface area (Å²) in [4.78, 5) is 28.4. The molecule has 0 atom stereocenters. The number of carbonyl (C=O) groups is 1. The van der Waals surface area contributed by atoms with Crippen LogP contribution in [0.1, 0.15) is 10.4 Å². The summed E-state index contributed by atoms with van der Waals surface area (Å²) in [7, 11) is 2.69. The van der Waals surface area contributed by atoms with Crippen LogP contribution in [0, 0.1) is 0 Å². The second-order valence-electron chi connectivity index (χ2n) is 5.19. The largest absolute Gasteiger partial charge is 0.573 e. The standard InChI is InChI=1S/C16H12F3N5O4S/c1-26-13-11(14(27-2)22-7-21-13)12(25)24-15-23-10(6-29-15)9-4-3-8(5-20-9)28-16(17,18)19/h3-7H,1-2H3,(H,23,24,25). The molecule has 152 valence electrons. The molecule has 0 aliphatic heterocycles. The number of rotatable bonds is 6. The quantitative estimate of drug-likeness (QED) is 0.639. The van der Waals surface area contributed by atoms with Crippen molar-refractivity contribution < 1.29 is 32.2 Å². The van der Waals surface area contributed by atoms with Gasteiger partial charge in [-0.3, -0.25) is 15.1 Å². The molecule has 0 radical (unpaired) electrons. The zero-order valence-electron chi connectivity index (χ0n) is 14.9. The highest BCUT2D eigenvalue weighted by molar-refractivity contribution is 7.14. The monoisotopic (exact) mass is 427 g/mol. The highest BCUT2D eigenvalue weighted by Gasteiger charge is 2.31. The van der Waals surface area contributed by atoms with Crippen molar-refractivity contribution in [1.29, 1.82) is 0 Å². The average Bonchev–Trinajstić information content (AvgIpc) is 3.14. The molecule has 3 aromatic heterocycles. The Labute approximate surface area is 165 Å². The Morgan fingerprint density at radius 1 is 1.07 bits per heavy atom. The van der Waals surface area contributed by atoms with Gasteiger partial charge in [-0.2, -0.15) is 0 Å². The lowest BCUT2D eigenvalue weighted by Gasteiger charge is -2.09. The number of carbonyl (C=O) groups excluding carboxylic acids is 1. The van der Waals surface area contributed by atoms with Crippen molar-refractivity contribution in [2.24, 2.45) is 0 Å². The van der Waals surface area contributed by atoms with Gasteiger partial charge in [-0.15, -0.1) is 24.5 Å². The lowest BCUT2D eigenvalue weighted by molar-refractivity contribution is -0.274. The average molecular weight is 427 g/mol. The van der Waals surface area contributed by atoms with Gasteiger partial charge in [-0.1, -0.05) is 0 Å². The molecule has 0 fully saturated rings. The summed E-state index contributed by atoms with van der Waals surface area (Å²) in [5, 5.41) is 4.37. The van der Waals surface area contributed by atoms with Crippen LogP contribution in [0.25, 0.3) is 11.4 Å². The Bertz CT molecular complexity index is 988. The number of pyridine rings is 1. The number of thiazole rings is 1. The summed E-state index contributed by atoms with van der Waals surface area (Å²) >= 11 is 1.09. The van der Waals surface area contributed by atoms with Gasteiger partial charge in [0.1, 0.15) is 17.8 Å². The molecule has 0 bridgehead atoms. The van der Waals surface area contributed by atoms with E-state index in [9.17, 15) is 18.0 Å². The van der Waals surface area contributed by atoms with Crippen molar-refractivity contribution in [2.75, 3.05) is 19.5 Å². The SMILES string of the molecule is COc1ncnc(OC)c1C(=O)Nc1nc(-c2ccc(OC(F)(F)F)cn2)cs1. The minimum absolute atomic E-state index is 0.0129. The molecule has 0 aliphatic carbocycles. The minimum Gasteiger partial charge on any atom is -0.480 e. The smallest absolute Gasteiger partial charge is 0.480 e. The van der Waals surface area contributed by atoms with E-state index in [-0.39, 0.29) is 22.5 Å². The fraction of sp³-hybridized carbons (Fsp3) is 0.188. The zero-order valence-corrected chi connectivity index (χ0v) is 15.7. The molecule has 0 aliphatic rings. The summed E-state index contributed by atoms with van der Waals surface area (Å²) in [6, 6.07) is 2.43. The molecular formula is C16H12F3N5O4S. The molecule has 0 aromatic carbocycles. The third-order valence-corrected chi connectivity index (χ3v) is 4.11. The van der Waals surface area contributed by atoms with E-state index in [0.717, 1.165) is 23.6 Å². The summed E-state index contributed by atoms with van der Waals surface area (Å²) in [6.45, 7) is 0. The topological polar surface area (TPSA) is 108 Å². The van der Waals surface area contributed by atoms with Crippen molar-refractivity contribution in [3.8, 4) is 28.9 Å². The first kappa shape index (κ1) is 20.3. The van der Waals surface area contributed by atoms with Gasteiger partial charge in [-0.05, 0) is 12.1 Å². The van der Waals surface area contributed by atoms with Gasteiger partial charge < -0.3 is 14.2 Å². The van der Waals surface area contributed by atoms with E-state index in [1.54, 1.807) is 5.38 Å². The van der Waals surface area contributed by atoms with E-state index >= 15 is 0 Å². The van der Waals surface area contributed by atoms with E-state index in [0.29, 0.717) is 11.4 Å². The minimum atomic E-state index is -4.80. The number of alkyl halides is 3. The van der Waals surface area contributed by atoms with Crippen LogP contribution >= 0.6 is 11.3 Å². The number of hydrogen-bond donors (Lipinski definition) is 1. The third kappa shape index (κ3) is 4.87. The number of halogens is 3. The maximum Gasteiger partial charge on any atom is 0.573 e. The molecule has 9 nitrogen and oxygen atoms in total. The normalized spacial score (nSPS) is 11.1. The van der Waals surface area contributed by atoms with Crippen LogP contribution in [0.2, 0.25) is 0 Å². The van der Waals surface area contributed by atoms with Crippen LogP contribution in [-0.4, -0.2) is 46.4 Å². The fourth-order valence-corrected chi connectivity index (χ4v) is 2.89. The Kier molecular flexibility index (Phi) is 5.77. The van der Waals surface area contributed by atoms with E-state index in [1.165, 1.54) is 26.6 Å². The molecule has 3 aromatic rings. The summed E-state index contributed by atoms with van der Waals surface area (Å²) in [6.07, 6.45) is -2.68. The van der Waals surface area contributed by atoms with Crippen LogP contribution in [-0.2, 0) is 0 Å². The lowest BCUT2D eigenvalue weighted by Crippen LogP contribution is -2.17. The molecule has 3 rings (SSSR count). The first-order valence-corrected chi connectivity index (χ1v) is 8.60. The van der Waals surface area contributed by atoms with E-state index in [2.05, 4.69) is 30.0 Å². The van der Waals surface area contributed by atoms with Crippen molar-refractivity contribution in [3.63, 3.8) is 0 Å². The number of hydrogen-bond acceptors (Lipinski definition) is 9. The Balaban J connectivity index is 1.77. The third-order valence-electron chi connectivity index (χ3n) is 3.35. The van der Waals surface area contributed by atoms with Gasteiger partial charge in [0.05, 0.1) is 26.1 Å². The van der Waals surface area contributed by atoms with Gasteiger partial charge in [0.15, 0.2) is 10.7 Å². The summed E-state index contributed by atoms with van der Waals surface area (Å²) < 4.78 is 50.5. The van der Waals surface area contributed by atoms with Crippen LogP contribution < -0.4 is 19.5 Å². The number of ether oxygens (including phenoxy) is 3. The zero-order chi connectivity index (χ0) is 21.0. The Morgan fingerprint density at radius 2 is 1.76 bits per heavy atom. The number of anilines is 1. The van der Waals surface area contributed by atoms with Gasteiger partial charge in [0.25, 0.3) is 5.91 Å². The maximum absolute atomic E-state index is 12.6. The molecule has 29 heavy (non-hydrogen) atoms. The van der Waals surface area contributed by atoms with Gasteiger partial charge in [0.2, 0.25) is 11.8 Å². The first-order chi connectivity index (χ1) is 13.8. The molecule has 0 unspecified atom stereocenters.